The van der Waals surface area contributed by atoms with Crippen molar-refractivity contribution < 1.29 is 24.5 Å². The maximum atomic E-state index is 11.0. The number of ether oxygens (including phenoxy) is 1. The molecule has 2 N–H and O–H groups in total. The van der Waals surface area contributed by atoms with Gasteiger partial charge in [0.25, 0.3) is 0 Å². The number of aryl methyl sites for hydroxylation is 1. The van der Waals surface area contributed by atoms with Crippen molar-refractivity contribution in [1.82, 2.24) is 0 Å². The highest BCUT2D eigenvalue weighted by Gasteiger charge is 2.17. The maximum absolute atomic E-state index is 11.0. The Bertz CT molecular complexity index is 458. The molecule has 0 fully saturated rings. The Morgan fingerprint density at radius 2 is 2.06 bits per heavy atom. The molecule has 1 unspecified atom stereocenters. The summed E-state index contributed by atoms with van der Waals surface area (Å²) < 4.78 is 4.50. The Morgan fingerprint density at radius 1 is 1.39 bits per heavy atom. The highest BCUT2D eigenvalue weighted by molar-refractivity contribution is 6.30. The number of aliphatic carboxylic acids is 1. The normalized spacial score (nSPS) is 11.9. The zero-order valence-corrected chi connectivity index (χ0v) is 10.5. The van der Waals surface area contributed by atoms with Crippen LogP contribution in [0.15, 0.2) is 18.2 Å². The second kappa shape index (κ2) is 6.37. The number of methoxy groups -OCH3 is 1. The standard InChI is InChI=1S/C12H13ClO5/c1-18-10(14)3-2-7-4-8(6-9(13)5-7)11(15)12(16)17/h4-6,11,15H,2-3H2,1H3,(H,16,17). The Labute approximate surface area is 109 Å². The van der Waals surface area contributed by atoms with E-state index in [2.05, 4.69) is 4.74 Å². The van der Waals surface area contributed by atoms with Gasteiger partial charge in [0, 0.05) is 11.4 Å². The van der Waals surface area contributed by atoms with E-state index in [-0.39, 0.29) is 18.0 Å². The SMILES string of the molecule is COC(=O)CCc1cc(Cl)cc(C(O)C(=O)O)c1. The van der Waals surface area contributed by atoms with Crippen molar-refractivity contribution in [2.45, 2.75) is 18.9 Å². The molecule has 1 rings (SSSR count). The average molecular weight is 273 g/mol. The fraction of sp³-hybridized carbons (Fsp3) is 0.333. The molecule has 1 aromatic carbocycles. The summed E-state index contributed by atoms with van der Waals surface area (Å²) >= 11 is 5.83. The van der Waals surface area contributed by atoms with Gasteiger partial charge >= 0.3 is 11.9 Å². The summed E-state index contributed by atoms with van der Waals surface area (Å²) in [4.78, 5) is 21.7. The summed E-state index contributed by atoms with van der Waals surface area (Å²) in [7, 11) is 1.29. The van der Waals surface area contributed by atoms with E-state index < -0.39 is 12.1 Å². The van der Waals surface area contributed by atoms with Crippen LogP contribution in [0.25, 0.3) is 0 Å². The van der Waals surface area contributed by atoms with Gasteiger partial charge in [-0.1, -0.05) is 17.7 Å². The Balaban J connectivity index is 2.87. The van der Waals surface area contributed by atoms with Gasteiger partial charge in [-0.3, -0.25) is 4.79 Å². The van der Waals surface area contributed by atoms with Crippen LogP contribution in [0, 0.1) is 0 Å². The van der Waals surface area contributed by atoms with Gasteiger partial charge in [0.1, 0.15) is 0 Å². The number of benzene rings is 1. The van der Waals surface area contributed by atoms with Crippen molar-refractivity contribution >= 4 is 23.5 Å². The molecule has 0 bridgehead atoms. The molecule has 0 amide bonds. The topological polar surface area (TPSA) is 83.8 Å². The number of carbonyl (C=O) groups is 2. The maximum Gasteiger partial charge on any atom is 0.337 e. The molecule has 6 heteroatoms. The van der Waals surface area contributed by atoms with Gasteiger partial charge in [0.05, 0.1) is 7.11 Å². The third-order valence-corrected chi connectivity index (χ3v) is 2.59. The lowest BCUT2D eigenvalue weighted by molar-refractivity contribution is -0.147. The monoisotopic (exact) mass is 272 g/mol. The fourth-order valence-electron chi connectivity index (χ4n) is 1.47. The first-order valence-electron chi connectivity index (χ1n) is 5.21. The van der Waals surface area contributed by atoms with E-state index >= 15 is 0 Å². The van der Waals surface area contributed by atoms with E-state index in [1.165, 1.54) is 19.2 Å². The van der Waals surface area contributed by atoms with Gasteiger partial charge in [-0.25, -0.2) is 4.79 Å². The predicted molar refractivity (Wildman–Crippen MR) is 64.4 cm³/mol. The molecule has 98 valence electrons. The Kier molecular flexibility index (Phi) is 5.12. The number of hydrogen-bond acceptors (Lipinski definition) is 4. The fourth-order valence-corrected chi connectivity index (χ4v) is 1.73. The number of hydrogen-bond donors (Lipinski definition) is 2. The van der Waals surface area contributed by atoms with E-state index in [0.29, 0.717) is 17.0 Å². The molecule has 1 aromatic rings. The van der Waals surface area contributed by atoms with Crippen molar-refractivity contribution in [1.29, 1.82) is 0 Å². The minimum absolute atomic E-state index is 0.166. The third-order valence-electron chi connectivity index (χ3n) is 2.38. The molecule has 0 aromatic heterocycles. The lowest BCUT2D eigenvalue weighted by atomic mass is 10.0. The van der Waals surface area contributed by atoms with Gasteiger partial charge in [-0.2, -0.15) is 0 Å². The van der Waals surface area contributed by atoms with Crippen molar-refractivity contribution in [3.63, 3.8) is 0 Å². The number of aliphatic hydroxyl groups is 1. The van der Waals surface area contributed by atoms with Crippen LogP contribution >= 0.6 is 11.6 Å². The van der Waals surface area contributed by atoms with Crippen molar-refractivity contribution in [2.24, 2.45) is 0 Å². The summed E-state index contributed by atoms with van der Waals surface area (Å²) in [5.41, 5.74) is 0.859. The highest BCUT2D eigenvalue weighted by atomic mass is 35.5. The summed E-state index contributed by atoms with van der Waals surface area (Å²) in [6, 6.07) is 4.50. The van der Waals surface area contributed by atoms with Crippen LogP contribution in [0.5, 0.6) is 0 Å². The number of rotatable bonds is 5. The minimum atomic E-state index is -1.62. The van der Waals surface area contributed by atoms with Crippen LogP contribution in [0.1, 0.15) is 23.7 Å². The van der Waals surface area contributed by atoms with E-state index in [0.717, 1.165) is 0 Å². The second-order valence-electron chi connectivity index (χ2n) is 3.71. The molecule has 0 aliphatic rings. The number of aliphatic hydroxyl groups excluding tert-OH is 1. The first-order valence-corrected chi connectivity index (χ1v) is 5.59. The minimum Gasteiger partial charge on any atom is -0.479 e. The zero-order chi connectivity index (χ0) is 13.7. The van der Waals surface area contributed by atoms with E-state index in [4.69, 9.17) is 16.7 Å². The van der Waals surface area contributed by atoms with Crippen LogP contribution in [-0.4, -0.2) is 29.3 Å². The van der Waals surface area contributed by atoms with Gasteiger partial charge in [0.15, 0.2) is 6.10 Å². The molecule has 0 saturated heterocycles. The Hall–Kier alpha value is -1.59. The highest BCUT2D eigenvalue weighted by Crippen LogP contribution is 2.21. The summed E-state index contributed by atoms with van der Waals surface area (Å²) in [6.07, 6.45) is -1.09. The second-order valence-corrected chi connectivity index (χ2v) is 4.15. The molecule has 18 heavy (non-hydrogen) atoms. The average Bonchev–Trinajstić information content (AvgIpc) is 2.34. The Morgan fingerprint density at radius 3 is 2.61 bits per heavy atom. The number of carbonyl (C=O) groups excluding carboxylic acids is 1. The molecule has 0 saturated carbocycles. The van der Waals surface area contributed by atoms with Gasteiger partial charge in [-0.05, 0) is 29.7 Å². The molecule has 5 nitrogen and oxygen atoms in total. The molecule has 0 radical (unpaired) electrons. The lowest BCUT2D eigenvalue weighted by Crippen LogP contribution is -2.11. The molecule has 0 aliphatic heterocycles. The molecule has 1 atom stereocenters. The summed E-state index contributed by atoms with van der Waals surface area (Å²) in [5, 5.41) is 18.4. The van der Waals surface area contributed by atoms with Crippen molar-refractivity contribution in [3.8, 4) is 0 Å². The first-order chi connectivity index (χ1) is 8.43. The van der Waals surface area contributed by atoms with Crippen molar-refractivity contribution in [2.75, 3.05) is 7.11 Å². The first kappa shape index (κ1) is 14.5. The van der Waals surface area contributed by atoms with E-state index in [9.17, 15) is 14.7 Å². The largest absolute Gasteiger partial charge is 0.479 e. The number of carboxylic acid groups (broad SMARTS) is 1. The van der Waals surface area contributed by atoms with Gasteiger partial charge < -0.3 is 14.9 Å². The molecular weight excluding hydrogens is 260 g/mol. The summed E-state index contributed by atoms with van der Waals surface area (Å²) in [6.45, 7) is 0. The molecule has 0 heterocycles. The van der Waals surface area contributed by atoms with E-state index in [1.807, 2.05) is 0 Å². The zero-order valence-electron chi connectivity index (χ0n) is 9.72. The molecular formula is C12H13ClO5. The number of carboxylic acids is 1. The number of esters is 1. The summed E-state index contributed by atoms with van der Waals surface area (Å²) in [5.74, 6) is -1.72. The quantitative estimate of drug-likeness (QED) is 0.795. The van der Waals surface area contributed by atoms with Crippen LogP contribution < -0.4 is 0 Å². The smallest absolute Gasteiger partial charge is 0.337 e. The van der Waals surface area contributed by atoms with Crippen LogP contribution in [0.2, 0.25) is 5.02 Å². The van der Waals surface area contributed by atoms with Gasteiger partial charge in [0.2, 0.25) is 0 Å². The lowest BCUT2D eigenvalue weighted by Gasteiger charge is -2.09. The third kappa shape index (κ3) is 4.01. The van der Waals surface area contributed by atoms with Crippen LogP contribution in [0.4, 0.5) is 0 Å². The molecule has 0 aliphatic carbocycles. The van der Waals surface area contributed by atoms with Crippen molar-refractivity contribution in [3.05, 3.63) is 34.3 Å². The van der Waals surface area contributed by atoms with Gasteiger partial charge in [-0.15, -0.1) is 0 Å². The van der Waals surface area contributed by atoms with Crippen LogP contribution in [0.3, 0.4) is 0 Å². The molecule has 0 spiro atoms. The van der Waals surface area contributed by atoms with Crippen LogP contribution in [-0.2, 0) is 20.7 Å². The number of halogens is 1. The predicted octanol–water partition coefficient (Wildman–Crippen LogP) is 1.56. The van der Waals surface area contributed by atoms with E-state index in [1.54, 1.807) is 6.07 Å².